The van der Waals surface area contributed by atoms with Gasteiger partial charge in [-0.1, -0.05) is 24.6 Å². The van der Waals surface area contributed by atoms with Crippen molar-refractivity contribution in [3.05, 3.63) is 58.9 Å². The Morgan fingerprint density at radius 2 is 1.96 bits per heavy atom. The van der Waals surface area contributed by atoms with E-state index in [0.29, 0.717) is 16.4 Å². The van der Waals surface area contributed by atoms with Gasteiger partial charge in [0, 0.05) is 12.0 Å². The number of nitrogens with zero attached hydrogens (tertiary/aromatic N) is 1. The highest BCUT2D eigenvalue weighted by Gasteiger charge is 2.16. The lowest BCUT2D eigenvalue weighted by molar-refractivity contribution is -0.123. The van der Waals surface area contributed by atoms with Gasteiger partial charge in [0.15, 0.2) is 0 Å². The minimum Gasteiger partial charge on any atom is -0.489 e. The Morgan fingerprint density at radius 3 is 2.61 bits per heavy atom. The van der Waals surface area contributed by atoms with Crippen LogP contribution in [0.2, 0.25) is 0 Å². The number of carbonyl (C=O) groups is 1. The molecule has 2 aromatic rings. The summed E-state index contributed by atoms with van der Waals surface area (Å²) in [7, 11) is 0. The zero-order valence-corrected chi connectivity index (χ0v) is 13.5. The van der Waals surface area contributed by atoms with Crippen molar-refractivity contribution in [3.8, 4) is 5.75 Å². The summed E-state index contributed by atoms with van der Waals surface area (Å²) in [5.41, 5.74) is 2.71. The summed E-state index contributed by atoms with van der Waals surface area (Å²) in [6.45, 7) is 5.60. The topological polar surface area (TPSA) is 49.8 Å². The third-order valence-corrected chi connectivity index (χ3v) is 3.52. The Kier molecular flexibility index (Phi) is 5.34. The zero-order valence-electron chi connectivity index (χ0n) is 13.5. The Hall–Kier alpha value is -2.40. The minimum atomic E-state index is -0.468. The predicted molar refractivity (Wildman–Crippen MR) is 86.2 cm³/mol. The van der Waals surface area contributed by atoms with Crippen LogP contribution in [0.1, 0.15) is 30.0 Å². The number of hydrogen-bond donors (Lipinski definition) is 1. The highest BCUT2D eigenvalue weighted by Crippen LogP contribution is 2.25. The van der Waals surface area contributed by atoms with Gasteiger partial charge in [0.1, 0.15) is 18.2 Å². The first-order valence-electron chi connectivity index (χ1n) is 7.42. The van der Waals surface area contributed by atoms with Gasteiger partial charge in [-0.05, 0) is 43.7 Å². The Labute approximate surface area is 135 Å². The molecular formula is C18H20FNO3. The van der Waals surface area contributed by atoms with Crippen molar-refractivity contribution in [2.45, 2.75) is 33.8 Å². The predicted octanol–water partition coefficient (Wildman–Crippen LogP) is 4.15. The van der Waals surface area contributed by atoms with Gasteiger partial charge in [0.25, 0.3) is 0 Å². The summed E-state index contributed by atoms with van der Waals surface area (Å²) in [4.78, 5) is 11.7. The normalized spacial score (nSPS) is 10.5. The van der Waals surface area contributed by atoms with Crippen molar-refractivity contribution in [2.75, 3.05) is 5.06 Å². The van der Waals surface area contributed by atoms with Gasteiger partial charge in [0.2, 0.25) is 5.91 Å². The third kappa shape index (κ3) is 4.07. The van der Waals surface area contributed by atoms with E-state index in [9.17, 15) is 14.4 Å². The Morgan fingerprint density at radius 1 is 1.22 bits per heavy atom. The lowest BCUT2D eigenvalue weighted by Crippen LogP contribution is -2.27. The van der Waals surface area contributed by atoms with Crippen LogP contribution in [-0.2, 0) is 11.4 Å². The number of amides is 1. The maximum absolute atomic E-state index is 13.5. The first-order chi connectivity index (χ1) is 10.9. The second-order valence-corrected chi connectivity index (χ2v) is 5.39. The van der Waals surface area contributed by atoms with Crippen molar-refractivity contribution in [3.63, 3.8) is 0 Å². The fourth-order valence-corrected chi connectivity index (χ4v) is 2.28. The second-order valence-electron chi connectivity index (χ2n) is 5.39. The molecule has 2 rings (SSSR count). The molecule has 0 aromatic heterocycles. The summed E-state index contributed by atoms with van der Waals surface area (Å²) in [5.74, 6) is -0.244. The van der Waals surface area contributed by atoms with Crippen molar-refractivity contribution < 1.29 is 19.1 Å². The number of anilines is 1. The summed E-state index contributed by atoms with van der Waals surface area (Å²) in [6, 6.07) is 9.57. The van der Waals surface area contributed by atoms with Crippen LogP contribution in [0.4, 0.5) is 10.1 Å². The molecule has 5 heteroatoms. The number of aryl methyl sites for hydroxylation is 2. The summed E-state index contributed by atoms with van der Waals surface area (Å²) in [5, 5.41) is 10.5. The van der Waals surface area contributed by atoms with Gasteiger partial charge in [-0.25, -0.2) is 4.39 Å². The van der Waals surface area contributed by atoms with Gasteiger partial charge >= 0.3 is 0 Å². The van der Waals surface area contributed by atoms with E-state index < -0.39 is 11.7 Å². The van der Waals surface area contributed by atoms with E-state index in [2.05, 4.69) is 0 Å². The fourth-order valence-electron chi connectivity index (χ4n) is 2.28. The highest BCUT2D eigenvalue weighted by atomic mass is 19.1. The molecule has 0 fully saturated rings. The average Bonchev–Trinajstić information content (AvgIpc) is 2.52. The number of ether oxygens (including phenoxy) is 1. The molecule has 0 bridgehead atoms. The SMILES string of the molecule is CCC(=O)N(O)c1ccc(F)cc1COc1ccc(C)cc1C. The molecule has 0 unspecified atom stereocenters. The standard InChI is InChI=1S/C18H20FNO3/c1-4-18(21)20(22)16-7-6-15(19)10-14(16)11-23-17-8-5-12(2)9-13(17)3/h5-10,22H,4,11H2,1-3H3. The molecule has 122 valence electrons. The van der Waals surface area contributed by atoms with Gasteiger partial charge in [-0.3, -0.25) is 10.0 Å². The molecule has 0 saturated carbocycles. The molecular weight excluding hydrogens is 297 g/mol. The van der Waals surface area contributed by atoms with E-state index in [4.69, 9.17) is 4.74 Å². The molecule has 0 aliphatic carbocycles. The largest absolute Gasteiger partial charge is 0.489 e. The lowest BCUT2D eigenvalue weighted by atomic mass is 10.1. The van der Waals surface area contributed by atoms with Crippen LogP contribution in [0.5, 0.6) is 5.75 Å². The van der Waals surface area contributed by atoms with Crippen LogP contribution >= 0.6 is 0 Å². The minimum absolute atomic E-state index is 0.0467. The number of hydroxylamine groups is 1. The summed E-state index contributed by atoms with van der Waals surface area (Å²) in [6.07, 6.45) is 0.144. The number of rotatable bonds is 5. The van der Waals surface area contributed by atoms with E-state index in [-0.39, 0.29) is 18.7 Å². The van der Waals surface area contributed by atoms with Crippen molar-refractivity contribution in [1.29, 1.82) is 0 Å². The molecule has 0 spiro atoms. The number of benzene rings is 2. The lowest BCUT2D eigenvalue weighted by Gasteiger charge is -2.19. The van der Waals surface area contributed by atoms with Crippen LogP contribution in [0, 0.1) is 19.7 Å². The van der Waals surface area contributed by atoms with Crippen LogP contribution in [0.15, 0.2) is 36.4 Å². The molecule has 0 aliphatic rings. The maximum Gasteiger partial charge on any atom is 0.250 e. The van der Waals surface area contributed by atoms with Crippen LogP contribution < -0.4 is 9.80 Å². The number of hydrogen-bond acceptors (Lipinski definition) is 3. The zero-order chi connectivity index (χ0) is 17.0. The molecule has 1 N–H and O–H groups in total. The fraction of sp³-hybridized carbons (Fsp3) is 0.278. The Bertz CT molecular complexity index is 715. The monoisotopic (exact) mass is 317 g/mol. The first-order valence-corrected chi connectivity index (χ1v) is 7.42. The van der Waals surface area contributed by atoms with Crippen molar-refractivity contribution >= 4 is 11.6 Å². The molecule has 0 saturated heterocycles. The van der Waals surface area contributed by atoms with Crippen molar-refractivity contribution in [2.24, 2.45) is 0 Å². The van der Waals surface area contributed by atoms with Gasteiger partial charge in [0.05, 0.1) is 5.69 Å². The van der Waals surface area contributed by atoms with Gasteiger partial charge < -0.3 is 4.74 Å². The van der Waals surface area contributed by atoms with E-state index in [1.807, 2.05) is 32.0 Å². The van der Waals surface area contributed by atoms with E-state index in [1.54, 1.807) is 6.92 Å². The maximum atomic E-state index is 13.5. The third-order valence-electron chi connectivity index (χ3n) is 3.52. The highest BCUT2D eigenvalue weighted by molar-refractivity contribution is 5.91. The van der Waals surface area contributed by atoms with E-state index in [1.165, 1.54) is 18.2 Å². The summed E-state index contributed by atoms with van der Waals surface area (Å²) < 4.78 is 19.2. The van der Waals surface area contributed by atoms with Gasteiger partial charge in [-0.2, -0.15) is 5.06 Å². The molecule has 4 nitrogen and oxygen atoms in total. The van der Waals surface area contributed by atoms with Crippen molar-refractivity contribution in [1.82, 2.24) is 0 Å². The molecule has 0 atom stereocenters. The molecule has 23 heavy (non-hydrogen) atoms. The van der Waals surface area contributed by atoms with Crippen LogP contribution in [0.25, 0.3) is 0 Å². The quantitative estimate of drug-likeness (QED) is 0.665. The molecule has 2 aromatic carbocycles. The van der Waals surface area contributed by atoms with E-state index in [0.717, 1.165) is 11.1 Å². The molecule has 1 amide bonds. The molecule has 0 aliphatic heterocycles. The molecule has 0 radical (unpaired) electrons. The molecule has 0 heterocycles. The number of halogens is 1. The van der Waals surface area contributed by atoms with Crippen LogP contribution in [0.3, 0.4) is 0 Å². The smallest absolute Gasteiger partial charge is 0.250 e. The first kappa shape index (κ1) is 17.0. The number of carbonyl (C=O) groups excluding carboxylic acids is 1. The average molecular weight is 317 g/mol. The van der Waals surface area contributed by atoms with E-state index >= 15 is 0 Å². The van der Waals surface area contributed by atoms with Gasteiger partial charge in [-0.15, -0.1) is 0 Å². The summed E-state index contributed by atoms with van der Waals surface area (Å²) >= 11 is 0. The van der Waals surface area contributed by atoms with Crippen LogP contribution in [-0.4, -0.2) is 11.1 Å². The second kappa shape index (κ2) is 7.24. The Balaban J connectivity index is 2.24.